The molecular weight excluding hydrogens is 507 g/mol. The highest BCUT2D eigenvalue weighted by Crippen LogP contribution is 2.41. The van der Waals surface area contributed by atoms with Crippen LogP contribution in [0.25, 0.3) is 27.8 Å². The highest BCUT2D eigenvalue weighted by molar-refractivity contribution is 5.81. The van der Waals surface area contributed by atoms with E-state index < -0.39 is 11.5 Å². The van der Waals surface area contributed by atoms with Gasteiger partial charge in [0.05, 0.1) is 12.1 Å². The van der Waals surface area contributed by atoms with Crippen LogP contribution >= 0.6 is 0 Å². The third kappa shape index (κ3) is 6.02. The van der Waals surface area contributed by atoms with Crippen LogP contribution in [0.5, 0.6) is 0 Å². The smallest absolute Gasteiger partial charge is 0.410 e. The summed E-state index contributed by atoms with van der Waals surface area (Å²) >= 11 is 0. The van der Waals surface area contributed by atoms with Crippen molar-refractivity contribution in [3.8, 4) is 22.3 Å². The maximum Gasteiger partial charge on any atom is 0.410 e. The standard InChI is InChI=1S/C32H37FN4O3/c1-32(2,3)40-31(38)37-15-5-6-28(37)27-16-21(9-12-25(27)20-7-10-24(39-4)11-8-20)23-17-26(30(34)36-19-23)22-13-14-35-29(33)18-22/h7,9,12-14,16-19,24,28H,5-6,8,10-11,15H2,1-4H3,(H2,34,36)/t24?,28-/m0/s1. The van der Waals surface area contributed by atoms with Gasteiger partial charge in [-0.3, -0.25) is 0 Å². The quantitative estimate of drug-likeness (QED) is 0.342. The summed E-state index contributed by atoms with van der Waals surface area (Å²) in [5.74, 6) is -0.257. The van der Waals surface area contributed by atoms with Gasteiger partial charge in [0.25, 0.3) is 0 Å². The lowest BCUT2D eigenvalue weighted by Gasteiger charge is -2.31. The van der Waals surface area contributed by atoms with Crippen molar-refractivity contribution in [3.63, 3.8) is 0 Å². The van der Waals surface area contributed by atoms with Crippen molar-refractivity contribution >= 4 is 17.5 Å². The minimum atomic E-state index is -0.575. The number of halogens is 1. The third-order valence-corrected chi connectivity index (χ3v) is 7.62. The van der Waals surface area contributed by atoms with Gasteiger partial charge in [0.1, 0.15) is 11.4 Å². The average molecular weight is 545 g/mol. The van der Waals surface area contributed by atoms with Gasteiger partial charge >= 0.3 is 6.09 Å². The van der Waals surface area contributed by atoms with E-state index in [2.05, 4.69) is 34.2 Å². The fraction of sp³-hybridized carbons (Fsp3) is 0.406. The number of allylic oxidation sites excluding steroid dienone is 1. The van der Waals surface area contributed by atoms with Crippen LogP contribution in [0.2, 0.25) is 0 Å². The van der Waals surface area contributed by atoms with Gasteiger partial charge in [0.2, 0.25) is 5.95 Å². The van der Waals surface area contributed by atoms with Crippen LogP contribution in [0, 0.1) is 5.95 Å². The van der Waals surface area contributed by atoms with Gasteiger partial charge in [0.15, 0.2) is 0 Å². The Labute approximate surface area is 235 Å². The minimum Gasteiger partial charge on any atom is -0.444 e. The van der Waals surface area contributed by atoms with Gasteiger partial charge in [-0.2, -0.15) is 4.39 Å². The largest absolute Gasteiger partial charge is 0.444 e. The molecule has 1 aromatic carbocycles. The molecule has 1 amide bonds. The molecule has 0 saturated carbocycles. The second-order valence-electron chi connectivity index (χ2n) is 11.5. The van der Waals surface area contributed by atoms with E-state index in [1.165, 1.54) is 17.8 Å². The number of nitrogen functional groups attached to an aromatic ring is 1. The van der Waals surface area contributed by atoms with Gasteiger partial charge in [-0.1, -0.05) is 18.2 Å². The normalized spacial score (nSPS) is 19.4. The van der Waals surface area contributed by atoms with Crippen LogP contribution in [-0.2, 0) is 9.47 Å². The van der Waals surface area contributed by atoms with Gasteiger partial charge in [0, 0.05) is 43.2 Å². The number of nitrogens with two attached hydrogens (primary N) is 1. The number of hydrogen-bond donors (Lipinski definition) is 1. The molecule has 1 aliphatic heterocycles. The number of carbonyl (C=O) groups is 1. The SMILES string of the molecule is COC1CC=C(c2ccc(-c3cnc(N)c(-c4ccnc(F)c4)c3)cc2[C@@H]2CCCN2C(=O)OC(C)(C)C)CC1. The summed E-state index contributed by atoms with van der Waals surface area (Å²) in [5.41, 5.74) is 12.2. The number of benzene rings is 1. The van der Waals surface area contributed by atoms with Crippen molar-refractivity contribution in [1.29, 1.82) is 0 Å². The molecule has 1 unspecified atom stereocenters. The van der Waals surface area contributed by atoms with Crippen molar-refractivity contribution < 1.29 is 18.7 Å². The molecule has 0 spiro atoms. The monoisotopic (exact) mass is 544 g/mol. The molecule has 0 bridgehead atoms. The molecule has 2 aliphatic rings. The lowest BCUT2D eigenvalue weighted by molar-refractivity contribution is 0.0224. The summed E-state index contributed by atoms with van der Waals surface area (Å²) in [7, 11) is 1.76. The van der Waals surface area contributed by atoms with Crippen molar-refractivity contribution in [3.05, 3.63) is 71.9 Å². The average Bonchev–Trinajstić information content (AvgIpc) is 3.42. The summed E-state index contributed by atoms with van der Waals surface area (Å²) in [4.78, 5) is 23.2. The molecule has 7 nitrogen and oxygen atoms in total. The molecule has 8 heteroatoms. The van der Waals surface area contributed by atoms with Crippen LogP contribution in [0.4, 0.5) is 15.0 Å². The second kappa shape index (κ2) is 11.4. The Kier molecular flexibility index (Phi) is 7.90. The predicted octanol–water partition coefficient (Wildman–Crippen LogP) is 7.19. The maximum absolute atomic E-state index is 13.9. The first-order chi connectivity index (χ1) is 19.1. The third-order valence-electron chi connectivity index (χ3n) is 7.62. The summed E-state index contributed by atoms with van der Waals surface area (Å²) in [6.07, 6.45) is 9.84. The van der Waals surface area contributed by atoms with E-state index in [4.69, 9.17) is 15.2 Å². The number of pyridine rings is 2. The lowest BCUT2D eigenvalue weighted by Crippen LogP contribution is -2.36. The van der Waals surface area contributed by atoms with Gasteiger partial charge in [-0.05, 0) is 98.9 Å². The van der Waals surface area contributed by atoms with Gasteiger partial charge in [-0.25, -0.2) is 14.8 Å². The van der Waals surface area contributed by atoms with E-state index in [0.29, 0.717) is 23.5 Å². The summed E-state index contributed by atoms with van der Waals surface area (Å²) in [5, 5.41) is 0. The zero-order valence-corrected chi connectivity index (χ0v) is 23.6. The number of anilines is 1. The van der Waals surface area contributed by atoms with E-state index in [0.717, 1.165) is 54.4 Å². The lowest BCUT2D eigenvalue weighted by atomic mass is 9.85. The van der Waals surface area contributed by atoms with Crippen LogP contribution in [0.1, 0.15) is 70.0 Å². The number of rotatable bonds is 5. The van der Waals surface area contributed by atoms with Crippen LogP contribution in [-0.4, -0.2) is 46.3 Å². The van der Waals surface area contributed by atoms with Crippen molar-refractivity contribution in [2.24, 2.45) is 0 Å². The molecule has 1 fully saturated rings. The Bertz CT molecular complexity index is 1430. The van der Waals surface area contributed by atoms with Crippen LogP contribution < -0.4 is 5.73 Å². The molecule has 3 heterocycles. The molecule has 210 valence electrons. The molecule has 5 rings (SSSR count). The number of methoxy groups -OCH3 is 1. The topological polar surface area (TPSA) is 90.6 Å². The number of amides is 1. The number of likely N-dealkylation sites (tertiary alicyclic amines) is 1. The Morgan fingerprint density at radius 2 is 1.88 bits per heavy atom. The number of ether oxygens (including phenoxy) is 2. The number of nitrogens with zero attached hydrogens (tertiary/aromatic N) is 3. The minimum absolute atomic E-state index is 0.110. The fourth-order valence-corrected chi connectivity index (χ4v) is 5.64. The van der Waals surface area contributed by atoms with Crippen molar-refractivity contribution in [1.82, 2.24) is 14.9 Å². The molecular formula is C32H37FN4O3. The Morgan fingerprint density at radius 3 is 2.58 bits per heavy atom. The first kappa shape index (κ1) is 27.8. The first-order valence-corrected chi connectivity index (χ1v) is 13.9. The predicted molar refractivity (Wildman–Crippen MR) is 155 cm³/mol. The Morgan fingerprint density at radius 1 is 1.05 bits per heavy atom. The van der Waals surface area contributed by atoms with E-state index in [-0.39, 0.29) is 18.2 Å². The number of aromatic nitrogens is 2. The van der Waals surface area contributed by atoms with E-state index in [1.807, 2.05) is 31.7 Å². The molecule has 2 atom stereocenters. The number of carbonyl (C=O) groups excluding carboxylic acids is 1. The Balaban J connectivity index is 1.58. The Hall–Kier alpha value is -3.78. The van der Waals surface area contributed by atoms with Crippen molar-refractivity contribution in [2.75, 3.05) is 19.4 Å². The fourth-order valence-electron chi connectivity index (χ4n) is 5.64. The van der Waals surface area contributed by atoms with Gasteiger partial charge < -0.3 is 20.1 Å². The molecule has 0 radical (unpaired) electrons. The second-order valence-corrected chi connectivity index (χ2v) is 11.5. The van der Waals surface area contributed by atoms with Gasteiger partial charge in [-0.15, -0.1) is 0 Å². The van der Waals surface area contributed by atoms with E-state index in [1.54, 1.807) is 19.4 Å². The van der Waals surface area contributed by atoms with Crippen molar-refractivity contribution in [2.45, 2.75) is 70.6 Å². The maximum atomic E-state index is 13.9. The highest BCUT2D eigenvalue weighted by atomic mass is 19.1. The molecule has 3 aromatic rings. The summed E-state index contributed by atoms with van der Waals surface area (Å²) < 4.78 is 25.2. The first-order valence-electron chi connectivity index (χ1n) is 13.9. The molecule has 2 aromatic heterocycles. The van der Waals surface area contributed by atoms with Crippen LogP contribution in [0.3, 0.4) is 0 Å². The summed E-state index contributed by atoms with van der Waals surface area (Å²) in [6.45, 7) is 6.32. The summed E-state index contributed by atoms with van der Waals surface area (Å²) in [6, 6.07) is 11.3. The zero-order chi connectivity index (χ0) is 28.4. The van der Waals surface area contributed by atoms with E-state index in [9.17, 15) is 9.18 Å². The zero-order valence-electron chi connectivity index (χ0n) is 23.6. The molecule has 1 aliphatic carbocycles. The molecule has 1 saturated heterocycles. The molecule has 2 N–H and O–H groups in total. The van der Waals surface area contributed by atoms with Crippen LogP contribution in [0.15, 0.2) is 54.9 Å². The number of hydrogen-bond acceptors (Lipinski definition) is 6. The molecule has 40 heavy (non-hydrogen) atoms. The highest BCUT2D eigenvalue weighted by Gasteiger charge is 2.35. The van der Waals surface area contributed by atoms with E-state index >= 15 is 0 Å².